The fraction of sp³-hybridized carbons (Fsp3) is 0.235. The Morgan fingerprint density at radius 3 is 1.70 bits per heavy atom. The van der Waals surface area contributed by atoms with Gasteiger partial charge in [0.1, 0.15) is 39.7 Å². The van der Waals surface area contributed by atoms with Gasteiger partial charge in [0, 0.05) is 0 Å². The number of phenols is 1. The van der Waals surface area contributed by atoms with Crippen molar-refractivity contribution < 1.29 is 28.9 Å². The number of hydrogen-bond donors (Lipinski definition) is 1. The first-order valence-corrected chi connectivity index (χ1v) is 13.0. The predicted octanol–water partition coefficient (Wildman–Crippen LogP) is 8.46. The fourth-order valence-corrected chi connectivity index (χ4v) is 4.26. The van der Waals surface area contributed by atoms with Crippen LogP contribution in [0.3, 0.4) is 0 Å². The van der Waals surface area contributed by atoms with Crippen molar-refractivity contribution in [2.24, 2.45) is 5.41 Å². The summed E-state index contributed by atoms with van der Waals surface area (Å²) in [6, 6.07) is 31.6. The van der Waals surface area contributed by atoms with Crippen molar-refractivity contribution in [1.82, 2.24) is 0 Å². The topological polar surface area (TPSA) is 82.1 Å². The van der Waals surface area contributed by atoms with Gasteiger partial charge in [-0.1, -0.05) is 81.4 Å². The highest BCUT2D eigenvalue weighted by Gasteiger charge is 2.30. The molecule has 4 rings (SSSR count). The molecular weight excluding hydrogens is 504 g/mol. The lowest BCUT2D eigenvalue weighted by Gasteiger charge is -2.32. The third-order valence-electron chi connectivity index (χ3n) is 5.48. The second-order valence-electron chi connectivity index (χ2n) is 11.0. The average molecular weight is 541 g/mol. The lowest BCUT2D eigenvalue weighted by Crippen LogP contribution is -2.32. The van der Waals surface area contributed by atoms with E-state index in [1.165, 1.54) is 12.1 Å². The summed E-state index contributed by atoms with van der Waals surface area (Å²) in [5.74, 6) is 0.631. The summed E-state index contributed by atoms with van der Waals surface area (Å²) in [5.41, 5.74) is 0.119. The molecule has 4 aromatic rings. The fourth-order valence-electron chi connectivity index (χ4n) is 4.26. The SMILES string of the molecule is CC(C)(C)CC(C)(C)OC(=O)c1ccccc1Oc1ccccc1.O=C(Oc1ccccc1)c1ccccc1O. The van der Waals surface area contributed by atoms with Crippen LogP contribution in [0.1, 0.15) is 61.8 Å². The molecule has 208 valence electrons. The predicted molar refractivity (Wildman–Crippen MR) is 156 cm³/mol. The molecule has 0 atom stereocenters. The van der Waals surface area contributed by atoms with E-state index in [9.17, 15) is 14.7 Å². The van der Waals surface area contributed by atoms with E-state index in [0.29, 0.717) is 22.8 Å². The normalized spacial score (nSPS) is 11.0. The van der Waals surface area contributed by atoms with Gasteiger partial charge in [0.15, 0.2) is 0 Å². The lowest BCUT2D eigenvalue weighted by atomic mass is 9.83. The second kappa shape index (κ2) is 13.5. The second-order valence-corrected chi connectivity index (χ2v) is 11.0. The maximum absolute atomic E-state index is 12.7. The number of para-hydroxylation sites is 4. The van der Waals surface area contributed by atoms with Crippen LogP contribution in [0.25, 0.3) is 0 Å². The van der Waals surface area contributed by atoms with E-state index in [1.807, 2.05) is 62.4 Å². The van der Waals surface area contributed by atoms with E-state index in [4.69, 9.17) is 14.2 Å². The van der Waals surface area contributed by atoms with Gasteiger partial charge in [-0.05, 0) is 74.2 Å². The molecule has 0 amide bonds. The maximum Gasteiger partial charge on any atom is 0.347 e. The molecule has 6 nitrogen and oxygen atoms in total. The number of phenolic OH excluding ortho intramolecular Hbond substituents is 1. The summed E-state index contributed by atoms with van der Waals surface area (Å²) >= 11 is 0. The number of carbonyl (C=O) groups excluding carboxylic acids is 2. The number of ether oxygens (including phenoxy) is 3. The smallest absolute Gasteiger partial charge is 0.347 e. The summed E-state index contributed by atoms with van der Waals surface area (Å²) in [6.07, 6.45) is 0.771. The molecule has 0 bridgehead atoms. The van der Waals surface area contributed by atoms with Gasteiger partial charge in [-0.2, -0.15) is 0 Å². The Balaban J connectivity index is 0.000000238. The minimum Gasteiger partial charge on any atom is -0.507 e. The molecule has 0 radical (unpaired) electrons. The van der Waals surface area contributed by atoms with Crippen molar-refractivity contribution in [3.8, 4) is 23.0 Å². The van der Waals surface area contributed by atoms with E-state index >= 15 is 0 Å². The van der Waals surface area contributed by atoms with Crippen LogP contribution in [0.4, 0.5) is 0 Å². The van der Waals surface area contributed by atoms with Crippen LogP contribution in [0.2, 0.25) is 0 Å². The van der Waals surface area contributed by atoms with Gasteiger partial charge < -0.3 is 19.3 Å². The Morgan fingerprint density at radius 1 is 0.625 bits per heavy atom. The summed E-state index contributed by atoms with van der Waals surface area (Å²) in [6.45, 7) is 10.3. The van der Waals surface area contributed by atoms with Gasteiger partial charge in [-0.15, -0.1) is 0 Å². The number of aromatic hydroxyl groups is 1. The Hall–Kier alpha value is -4.58. The molecule has 0 aliphatic carbocycles. The molecule has 0 heterocycles. The summed E-state index contributed by atoms with van der Waals surface area (Å²) in [5, 5.41) is 9.46. The van der Waals surface area contributed by atoms with Crippen LogP contribution >= 0.6 is 0 Å². The van der Waals surface area contributed by atoms with Gasteiger partial charge in [0.05, 0.1) is 0 Å². The summed E-state index contributed by atoms with van der Waals surface area (Å²) in [4.78, 5) is 24.3. The van der Waals surface area contributed by atoms with Gasteiger partial charge in [-0.25, -0.2) is 9.59 Å². The monoisotopic (exact) mass is 540 g/mol. The first kappa shape index (κ1) is 30.0. The maximum atomic E-state index is 12.7. The minimum absolute atomic E-state index is 0.0733. The van der Waals surface area contributed by atoms with Crippen molar-refractivity contribution in [1.29, 1.82) is 0 Å². The highest BCUT2D eigenvalue weighted by atomic mass is 16.6. The molecule has 0 saturated heterocycles. The van der Waals surface area contributed by atoms with E-state index in [0.717, 1.165) is 6.42 Å². The van der Waals surface area contributed by atoms with E-state index < -0.39 is 11.6 Å². The van der Waals surface area contributed by atoms with Crippen molar-refractivity contribution in [3.05, 3.63) is 120 Å². The van der Waals surface area contributed by atoms with Crippen LogP contribution in [-0.4, -0.2) is 22.6 Å². The first-order chi connectivity index (χ1) is 18.9. The number of hydrogen-bond acceptors (Lipinski definition) is 6. The van der Waals surface area contributed by atoms with Gasteiger partial charge in [0.25, 0.3) is 0 Å². The van der Waals surface area contributed by atoms with Gasteiger partial charge in [0.2, 0.25) is 0 Å². The molecule has 0 aliphatic rings. The van der Waals surface area contributed by atoms with Gasteiger partial charge >= 0.3 is 11.9 Å². The molecule has 0 spiro atoms. The van der Waals surface area contributed by atoms with Crippen LogP contribution in [0.5, 0.6) is 23.0 Å². The van der Waals surface area contributed by atoms with Crippen molar-refractivity contribution in [2.45, 2.75) is 46.6 Å². The van der Waals surface area contributed by atoms with E-state index in [-0.39, 0.29) is 22.7 Å². The zero-order chi connectivity index (χ0) is 29.2. The number of esters is 2. The third-order valence-corrected chi connectivity index (χ3v) is 5.48. The molecule has 0 fully saturated rings. The quantitative estimate of drug-likeness (QED) is 0.187. The standard InChI is InChI=1S/C21H26O3.C13H10O3/c1-20(2,3)15-21(4,5)24-19(22)17-13-9-10-14-18(17)23-16-11-7-6-8-12-16;14-12-9-5-4-8-11(12)13(15)16-10-6-2-1-3-7-10/h6-14H,15H2,1-5H3;1-9,14H. The molecule has 0 unspecified atom stereocenters. The van der Waals surface area contributed by atoms with E-state index in [1.54, 1.807) is 48.5 Å². The lowest BCUT2D eigenvalue weighted by molar-refractivity contribution is -0.0180. The van der Waals surface area contributed by atoms with Crippen LogP contribution in [-0.2, 0) is 4.74 Å². The Kier molecular flexibility index (Phi) is 10.1. The molecule has 6 heteroatoms. The molecule has 0 aromatic heterocycles. The number of benzene rings is 4. The van der Waals surface area contributed by atoms with Crippen molar-refractivity contribution in [2.75, 3.05) is 0 Å². The molecule has 4 aromatic carbocycles. The van der Waals surface area contributed by atoms with Crippen LogP contribution in [0, 0.1) is 5.41 Å². The summed E-state index contributed by atoms with van der Waals surface area (Å²) < 4.78 is 16.7. The van der Waals surface area contributed by atoms with Crippen molar-refractivity contribution >= 4 is 11.9 Å². The van der Waals surface area contributed by atoms with Crippen LogP contribution in [0.15, 0.2) is 109 Å². The molecule has 0 aliphatic heterocycles. The minimum atomic E-state index is -0.565. The zero-order valence-corrected chi connectivity index (χ0v) is 23.6. The Bertz CT molecular complexity index is 1390. The van der Waals surface area contributed by atoms with Crippen molar-refractivity contribution in [3.63, 3.8) is 0 Å². The molecule has 40 heavy (non-hydrogen) atoms. The molecule has 1 N–H and O–H groups in total. The summed E-state index contributed by atoms with van der Waals surface area (Å²) in [7, 11) is 0. The number of rotatable bonds is 7. The first-order valence-electron chi connectivity index (χ1n) is 13.0. The Labute approximate surface area is 236 Å². The largest absolute Gasteiger partial charge is 0.507 e. The van der Waals surface area contributed by atoms with Gasteiger partial charge in [-0.3, -0.25) is 0 Å². The molecular formula is C34H36O6. The zero-order valence-electron chi connectivity index (χ0n) is 23.6. The Morgan fingerprint density at radius 2 is 1.12 bits per heavy atom. The third kappa shape index (κ3) is 9.62. The van der Waals surface area contributed by atoms with E-state index in [2.05, 4.69) is 20.8 Å². The highest BCUT2D eigenvalue weighted by molar-refractivity contribution is 5.94. The number of carbonyl (C=O) groups is 2. The average Bonchev–Trinajstić information content (AvgIpc) is 2.89. The van der Waals surface area contributed by atoms with Crippen LogP contribution < -0.4 is 9.47 Å². The molecule has 0 saturated carbocycles. The highest BCUT2D eigenvalue weighted by Crippen LogP contribution is 2.32.